The largest absolute Gasteiger partial charge is 0.313 e. The number of aromatic amines is 1. The fourth-order valence-electron chi connectivity index (χ4n) is 1.92. The average Bonchev–Trinajstić information content (AvgIpc) is 2.32. The van der Waals surface area contributed by atoms with Crippen LogP contribution in [0.5, 0.6) is 0 Å². The Morgan fingerprint density at radius 1 is 1.33 bits per heavy atom. The van der Waals surface area contributed by atoms with Crippen LogP contribution in [0, 0.1) is 6.92 Å². The zero-order valence-electron chi connectivity index (χ0n) is 10.6. The van der Waals surface area contributed by atoms with Crippen molar-refractivity contribution in [2.45, 2.75) is 26.7 Å². The lowest BCUT2D eigenvalue weighted by Crippen LogP contribution is -2.16. The van der Waals surface area contributed by atoms with Crippen molar-refractivity contribution in [3.05, 3.63) is 51.0 Å². The summed E-state index contributed by atoms with van der Waals surface area (Å²) in [6.07, 6.45) is 1.43. The standard InChI is InChI=1S/C14H15ClN2O/c1-8(2)12-13(16-7-17-14(12)18)10-5-4-9(3)11(15)6-10/h4-8H,1-3H3,(H,16,17,18). The Morgan fingerprint density at radius 2 is 2.06 bits per heavy atom. The summed E-state index contributed by atoms with van der Waals surface area (Å²) in [6.45, 7) is 5.90. The van der Waals surface area contributed by atoms with Crippen LogP contribution in [0.25, 0.3) is 11.3 Å². The number of hydrogen-bond acceptors (Lipinski definition) is 2. The molecular weight excluding hydrogens is 248 g/mol. The topological polar surface area (TPSA) is 45.8 Å². The third-order valence-electron chi connectivity index (χ3n) is 2.91. The third-order valence-corrected chi connectivity index (χ3v) is 3.32. The Balaban J connectivity index is 2.67. The van der Waals surface area contributed by atoms with E-state index in [0.717, 1.165) is 11.1 Å². The molecule has 0 spiro atoms. The van der Waals surface area contributed by atoms with Gasteiger partial charge in [-0.1, -0.05) is 37.6 Å². The molecule has 0 amide bonds. The van der Waals surface area contributed by atoms with Crippen molar-refractivity contribution < 1.29 is 0 Å². The Kier molecular flexibility index (Phi) is 3.53. The van der Waals surface area contributed by atoms with E-state index in [1.807, 2.05) is 39.0 Å². The van der Waals surface area contributed by atoms with Crippen molar-refractivity contribution in [1.82, 2.24) is 9.97 Å². The Labute approximate surface area is 111 Å². The number of benzene rings is 1. The predicted octanol–water partition coefficient (Wildman–Crippen LogP) is 3.52. The third kappa shape index (κ3) is 2.31. The second-order valence-corrected chi connectivity index (χ2v) is 5.02. The first kappa shape index (κ1) is 12.8. The molecule has 0 atom stereocenters. The van der Waals surface area contributed by atoms with Crippen molar-refractivity contribution in [3.63, 3.8) is 0 Å². The minimum Gasteiger partial charge on any atom is -0.313 e. The molecule has 0 saturated heterocycles. The number of nitrogens with one attached hydrogen (secondary N) is 1. The highest BCUT2D eigenvalue weighted by molar-refractivity contribution is 6.31. The smallest absolute Gasteiger partial charge is 0.254 e. The minimum atomic E-state index is -0.0910. The number of halogens is 1. The van der Waals surface area contributed by atoms with Gasteiger partial charge in [0.2, 0.25) is 0 Å². The van der Waals surface area contributed by atoms with Crippen LogP contribution >= 0.6 is 11.6 Å². The van der Waals surface area contributed by atoms with Gasteiger partial charge in [-0.2, -0.15) is 0 Å². The lowest BCUT2D eigenvalue weighted by molar-refractivity contribution is 0.833. The van der Waals surface area contributed by atoms with Crippen LogP contribution in [0.2, 0.25) is 5.02 Å². The van der Waals surface area contributed by atoms with Crippen LogP contribution in [0.15, 0.2) is 29.3 Å². The van der Waals surface area contributed by atoms with Crippen molar-refractivity contribution >= 4 is 11.6 Å². The molecular formula is C14H15ClN2O. The summed E-state index contributed by atoms with van der Waals surface area (Å²) in [6, 6.07) is 5.73. The fraction of sp³-hybridized carbons (Fsp3) is 0.286. The Hall–Kier alpha value is -1.61. The quantitative estimate of drug-likeness (QED) is 0.900. The van der Waals surface area contributed by atoms with E-state index in [2.05, 4.69) is 9.97 Å². The van der Waals surface area contributed by atoms with Crippen molar-refractivity contribution in [1.29, 1.82) is 0 Å². The molecule has 4 heteroatoms. The van der Waals surface area contributed by atoms with Gasteiger partial charge in [0.15, 0.2) is 0 Å². The molecule has 1 aromatic carbocycles. The normalized spacial score (nSPS) is 10.9. The zero-order valence-corrected chi connectivity index (χ0v) is 11.4. The van der Waals surface area contributed by atoms with Crippen LogP contribution < -0.4 is 5.56 Å². The van der Waals surface area contributed by atoms with Crippen LogP contribution in [-0.4, -0.2) is 9.97 Å². The molecule has 0 saturated carbocycles. The lowest BCUT2D eigenvalue weighted by Gasteiger charge is -2.11. The number of nitrogens with zero attached hydrogens (tertiary/aromatic N) is 1. The molecule has 0 radical (unpaired) electrons. The summed E-state index contributed by atoms with van der Waals surface area (Å²) >= 11 is 6.12. The highest BCUT2D eigenvalue weighted by Gasteiger charge is 2.14. The summed E-state index contributed by atoms with van der Waals surface area (Å²) in [5.74, 6) is 0.109. The number of H-pyrrole nitrogens is 1. The van der Waals surface area contributed by atoms with E-state index in [4.69, 9.17) is 11.6 Å². The number of hydrogen-bond donors (Lipinski definition) is 1. The van der Waals surface area contributed by atoms with E-state index < -0.39 is 0 Å². The number of aryl methyl sites for hydroxylation is 1. The Bertz CT molecular complexity index is 632. The SMILES string of the molecule is Cc1ccc(-c2nc[nH]c(=O)c2C(C)C)cc1Cl. The first-order valence-electron chi connectivity index (χ1n) is 5.84. The van der Waals surface area contributed by atoms with Crippen LogP contribution in [0.1, 0.15) is 30.9 Å². The molecule has 0 unspecified atom stereocenters. The zero-order chi connectivity index (χ0) is 13.3. The van der Waals surface area contributed by atoms with Gasteiger partial charge < -0.3 is 4.98 Å². The summed E-state index contributed by atoms with van der Waals surface area (Å²) in [5.41, 5.74) is 3.19. The maximum Gasteiger partial charge on any atom is 0.254 e. The van der Waals surface area contributed by atoms with Gasteiger partial charge in [0.05, 0.1) is 12.0 Å². The molecule has 94 valence electrons. The molecule has 0 aliphatic rings. The van der Waals surface area contributed by atoms with Gasteiger partial charge in [-0.05, 0) is 24.5 Å². The minimum absolute atomic E-state index is 0.0910. The number of rotatable bonds is 2. The first-order chi connectivity index (χ1) is 8.50. The molecule has 18 heavy (non-hydrogen) atoms. The fourth-order valence-corrected chi connectivity index (χ4v) is 2.10. The van der Waals surface area contributed by atoms with Gasteiger partial charge in [0.25, 0.3) is 5.56 Å². The van der Waals surface area contributed by atoms with E-state index in [1.165, 1.54) is 6.33 Å². The molecule has 1 aromatic heterocycles. The van der Waals surface area contributed by atoms with E-state index in [9.17, 15) is 4.79 Å². The molecule has 0 aliphatic heterocycles. The highest BCUT2D eigenvalue weighted by Crippen LogP contribution is 2.27. The van der Waals surface area contributed by atoms with Crippen LogP contribution in [-0.2, 0) is 0 Å². The molecule has 2 rings (SSSR count). The van der Waals surface area contributed by atoms with Gasteiger partial charge in [-0.3, -0.25) is 4.79 Å². The van der Waals surface area contributed by atoms with E-state index in [-0.39, 0.29) is 11.5 Å². The first-order valence-corrected chi connectivity index (χ1v) is 6.22. The summed E-state index contributed by atoms with van der Waals surface area (Å²) in [4.78, 5) is 18.8. The van der Waals surface area contributed by atoms with Crippen LogP contribution in [0.3, 0.4) is 0 Å². The van der Waals surface area contributed by atoms with E-state index >= 15 is 0 Å². The molecule has 0 fully saturated rings. The maximum absolute atomic E-state index is 11.9. The lowest BCUT2D eigenvalue weighted by atomic mass is 9.98. The monoisotopic (exact) mass is 262 g/mol. The van der Waals surface area contributed by atoms with Crippen LogP contribution in [0.4, 0.5) is 0 Å². The van der Waals surface area contributed by atoms with E-state index in [0.29, 0.717) is 16.3 Å². The van der Waals surface area contributed by atoms with Gasteiger partial charge in [-0.25, -0.2) is 4.98 Å². The Morgan fingerprint density at radius 3 is 2.67 bits per heavy atom. The van der Waals surface area contributed by atoms with Crippen molar-refractivity contribution in [2.24, 2.45) is 0 Å². The highest BCUT2D eigenvalue weighted by atomic mass is 35.5. The second kappa shape index (κ2) is 4.94. The summed E-state index contributed by atoms with van der Waals surface area (Å²) in [7, 11) is 0. The molecule has 1 heterocycles. The summed E-state index contributed by atoms with van der Waals surface area (Å²) < 4.78 is 0. The van der Waals surface area contributed by atoms with Gasteiger partial charge in [-0.15, -0.1) is 0 Å². The van der Waals surface area contributed by atoms with Gasteiger partial charge in [0.1, 0.15) is 0 Å². The second-order valence-electron chi connectivity index (χ2n) is 4.61. The molecule has 3 nitrogen and oxygen atoms in total. The van der Waals surface area contributed by atoms with Crippen molar-refractivity contribution in [3.8, 4) is 11.3 Å². The van der Waals surface area contributed by atoms with Crippen molar-refractivity contribution in [2.75, 3.05) is 0 Å². The number of aromatic nitrogens is 2. The molecule has 0 aliphatic carbocycles. The van der Waals surface area contributed by atoms with E-state index in [1.54, 1.807) is 0 Å². The average molecular weight is 263 g/mol. The molecule has 2 aromatic rings. The summed E-state index contributed by atoms with van der Waals surface area (Å²) in [5, 5.41) is 0.685. The van der Waals surface area contributed by atoms with Gasteiger partial charge >= 0.3 is 0 Å². The molecule has 0 bridgehead atoms. The predicted molar refractivity (Wildman–Crippen MR) is 74.1 cm³/mol. The molecule has 1 N–H and O–H groups in total. The van der Waals surface area contributed by atoms with Gasteiger partial charge in [0, 0.05) is 16.1 Å². The maximum atomic E-state index is 11.9.